The lowest BCUT2D eigenvalue weighted by Gasteiger charge is -2.30. The fourth-order valence-corrected chi connectivity index (χ4v) is 7.96. The van der Waals surface area contributed by atoms with Gasteiger partial charge in [0.1, 0.15) is 35.8 Å². The first-order chi connectivity index (χ1) is 31.2. The molecule has 17 nitrogen and oxygen atoms in total. The van der Waals surface area contributed by atoms with Crippen molar-refractivity contribution < 1.29 is 47.9 Å². The monoisotopic (exact) mass is 916 g/mol. The van der Waals surface area contributed by atoms with Crippen LogP contribution in [-0.4, -0.2) is 113 Å². The molecule has 0 aromatic heterocycles. The number of fused-ring (bicyclic) bond motifs is 1. The molecule has 2 heterocycles. The van der Waals surface area contributed by atoms with Crippen LogP contribution < -0.4 is 31.9 Å². The Morgan fingerprint density at radius 3 is 1.86 bits per heavy atom. The van der Waals surface area contributed by atoms with Gasteiger partial charge in [0.05, 0.1) is 6.04 Å². The topological polar surface area (TPSA) is 238 Å². The summed E-state index contributed by atoms with van der Waals surface area (Å²) in [4.78, 5) is 125. The first-order valence-corrected chi connectivity index (χ1v) is 23.1. The number of amides is 7. The second kappa shape index (κ2) is 25.0. The molecule has 2 aliphatic rings. The largest absolute Gasteiger partial charge is 0.460 e. The highest BCUT2D eigenvalue weighted by atomic mass is 16.6. The van der Waals surface area contributed by atoms with E-state index in [2.05, 4.69) is 31.9 Å². The molecule has 2 aromatic rings. The molecule has 0 unspecified atom stereocenters. The lowest BCUT2D eigenvalue weighted by atomic mass is 9.94. The van der Waals surface area contributed by atoms with Crippen LogP contribution in [0.3, 0.4) is 0 Å². The summed E-state index contributed by atoms with van der Waals surface area (Å²) in [6.07, 6.45) is 0.549. The number of carbonyl (C=O) groups is 9. The minimum absolute atomic E-state index is 0.0384. The smallest absolute Gasteiger partial charge is 0.306 e. The number of carbonyl (C=O) groups excluding carboxylic acids is 9. The number of hydrogen-bond acceptors (Lipinski definition) is 10. The van der Waals surface area contributed by atoms with Gasteiger partial charge < -0.3 is 41.5 Å². The van der Waals surface area contributed by atoms with Crippen LogP contribution in [0.1, 0.15) is 111 Å². The van der Waals surface area contributed by atoms with E-state index in [1.54, 1.807) is 52.0 Å². The summed E-state index contributed by atoms with van der Waals surface area (Å²) in [6.45, 7) is 12.2. The van der Waals surface area contributed by atoms with E-state index in [-0.39, 0.29) is 76.8 Å². The summed E-state index contributed by atoms with van der Waals surface area (Å²) < 4.78 is 5.48. The van der Waals surface area contributed by atoms with Gasteiger partial charge in [0.25, 0.3) is 0 Å². The Morgan fingerprint density at radius 2 is 1.26 bits per heavy atom. The second-order valence-electron chi connectivity index (χ2n) is 18.8. The molecule has 2 saturated heterocycles. The molecule has 0 aliphatic carbocycles. The summed E-state index contributed by atoms with van der Waals surface area (Å²) in [5.41, 5.74) is 0.681. The number of hydrogen-bond donors (Lipinski definition) is 6. The maximum atomic E-state index is 14.3. The van der Waals surface area contributed by atoms with Crippen molar-refractivity contribution in [3.8, 4) is 0 Å². The Hall–Kier alpha value is -6.13. The molecule has 2 aliphatic heterocycles. The van der Waals surface area contributed by atoms with Crippen LogP contribution in [-0.2, 0) is 60.7 Å². The number of esters is 1. The highest BCUT2D eigenvalue weighted by molar-refractivity contribution is 5.98. The molecule has 66 heavy (non-hydrogen) atoms. The van der Waals surface area contributed by atoms with Crippen LogP contribution in [0, 0.1) is 11.8 Å². The van der Waals surface area contributed by atoms with Crippen molar-refractivity contribution in [3.05, 3.63) is 71.8 Å². The molecule has 7 amide bonds. The Balaban J connectivity index is 1.68. The van der Waals surface area contributed by atoms with Crippen molar-refractivity contribution in [1.82, 2.24) is 36.8 Å². The molecule has 2 fully saturated rings. The Labute approximate surface area is 388 Å². The van der Waals surface area contributed by atoms with E-state index in [9.17, 15) is 43.2 Å². The zero-order valence-electron chi connectivity index (χ0n) is 39.4. The van der Waals surface area contributed by atoms with Gasteiger partial charge in [0.15, 0.2) is 5.78 Å². The van der Waals surface area contributed by atoms with E-state index < -0.39 is 101 Å². The lowest BCUT2D eigenvalue weighted by Crippen LogP contribution is -2.59. The van der Waals surface area contributed by atoms with Crippen LogP contribution in [0.5, 0.6) is 0 Å². The number of ketones is 1. The fraction of sp³-hybridized carbons (Fsp3) is 0.571. The first kappa shape index (κ1) is 52.5. The van der Waals surface area contributed by atoms with E-state index in [4.69, 9.17) is 4.74 Å². The van der Waals surface area contributed by atoms with E-state index in [1.807, 2.05) is 50.2 Å². The van der Waals surface area contributed by atoms with Gasteiger partial charge in [-0.05, 0) is 83.3 Å². The van der Waals surface area contributed by atoms with Crippen molar-refractivity contribution in [2.45, 2.75) is 155 Å². The number of nitrogens with one attached hydrogen (secondary N) is 6. The molecule has 0 spiro atoms. The van der Waals surface area contributed by atoms with Crippen molar-refractivity contribution in [2.24, 2.45) is 11.8 Å². The van der Waals surface area contributed by atoms with Crippen LogP contribution in [0.15, 0.2) is 60.7 Å². The summed E-state index contributed by atoms with van der Waals surface area (Å²) >= 11 is 0. The van der Waals surface area contributed by atoms with Gasteiger partial charge in [0.2, 0.25) is 41.4 Å². The highest BCUT2D eigenvalue weighted by Crippen LogP contribution is 2.20. The summed E-state index contributed by atoms with van der Waals surface area (Å²) in [5, 5.41) is 16.6. The first-order valence-electron chi connectivity index (χ1n) is 23.1. The van der Waals surface area contributed by atoms with Crippen molar-refractivity contribution in [1.29, 1.82) is 0 Å². The number of ether oxygens (including phenoxy) is 1. The molecule has 17 heteroatoms. The summed E-state index contributed by atoms with van der Waals surface area (Å²) in [7, 11) is 0. The van der Waals surface area contributed by atoms with Crippen molar-refractivity contribution >= 4 is 53.1 Å². The SMILES string of the molecule is CC(C)C[C@@H]1NC(=O)[C@H](CCC(=O)OC(C)(C)C)NC(=O)[C@@H]2CCCN2C(=O)[C@H](C)NC(=O)[C@H](Cc2ccccc2)NC(=O)CCCNC(=O)[C@H](C)CC(=O)[C@H](Cc2ccccc2)NC1=O. The number of benzene rings is 2. The Bertz CT molecular complexity index is 2020. The molecule has 0 bridgehead atoms. The second-order valence-corrected chi connectivity index (χ2v) is 18.8. The van der Waals surface area contributed by atoms with Crippen LogP contribution in [0.25, 0.3) is 0 Å². The molecule has 7 atom stereocenters. The molecule has 6 N–H and O–H groups in total. The summed E-state index contributed by atoms with van der Waals surface area (Å²) in [6, 6.07) is 11.2. The average Bonchev–Trinajstić information content (AvgIpc) is 3.75. The van der Waals surface area contributed by atoms with Gasteiger partial charge in [-0.2, -0.15) is 0 Å². The molecule has 0 saturated carbocycles. The third-order valence-electron chi connectivity index (χ3n) is 11.4. The number of rotatable bonds is 9. The number of nitrogens with zero attached hydrogens (tertiary/aromatic N) is 1. The third kappa shape index (κ3) is 17.0. The zero-order chi connectivity index (χ0) is 48.6. The van der Waals surface area contributed by atoms with Gasteiger partial charge in [-0.25, -0.2) is 0 Å². The van der Waals surface area contributed by atoms with Gasteiger partial charge in [-0.3, -0.25) is 43.2 Å². The van der Waals surface area contributed by atoms with Crippen LogP contribution in [0.4, 0.5) is 0 Å². The number of Topliss-reactive ketones (excluding diaryl/α,β-unsaturated/α-hetero) is 1. The third-order valence-corrected chi connectivity index (χ3v) is 11.4. The van der Waals surface area contributed by atoms with Gasteiger partial charge in [-0.1, -0.05) is 81.4 Å². The van der Waals surface area contributed by atoms with E-state index in [0.29, 0.717) is 6.42 Å². The molecule has 360 valence electrons. The predicted octanol–water partition coefficient (Wildman–Crippen LogP) is 2.58. The maximum Gasteiger partial charge on any atom is 0.306 e. The molecule has 4 rings (SSSR count). The quantitative estimate of drug-likeness (QED) is 0.201. The molecule has 0 radical (unpaired) electrons. The predicted molar refractivity (Wildman–Crippen MR) is 246 cm³/mol. The Morgan fingerprint density at radius 1 is 0.697 bits per heavy atom. The fourth-order valence-electron chi connectivity index (χ4n) is 7.96. The van der Waals surface area contributed by atoms with Gasteiger partial charge in [0, 0.05) is 44.7 Å². The van der Waals surface area contributed by atoms with Crippen molar-refractivity contribution in [3.63, 3.8) is 0 Å². The maximum absolute atomic E-state index is 14.3. The summed E-state index contributed by atoms with van der Waals surface area (Å²) in [5.74, 6) is -6.12. The van der Waals surface area contributed by atoms with Gasteiger partial charge >= 0.3 is 5.97 Å². The normalized spacial score (nSPS) is 25.2. The van der Waals surface area contributed by atoms with E-state index in [1.165, 1.54) is 11.8 Å². The van der Waals surface area contributed by atoms with Crippen LogP contribution in [0.2, 0.25) is 0 Å². The molecular weight excluding hydrogens is 847 g/mol. The van der Waals surface area contributed by atoms with Gasteiger partial charge in [-0.15, -0.1) is 0 Å². The zero-order valence-corrected chi connectivity index (χ0v) is 39.4. The standard InChI is InChI=1S/C49H69N7O10/c1-30(2)26-37-46(63)54-36(28-33-16-10-8-11-17-33)40(57)27-31(3)43(60)50-24-14-21-41(58)52-38(29-34-18-12-9-13-19-34)45(62)51-32(4)48(65)56-25-15-20-39(56)47(64)53-35(44(61)55-37)22-23-42(59)66-49(5,6)7/h8-13,16-19,30-32,35-39H,14-15,20-29H2,1-7H3,(H,50,60)(H,51,62)(H,52,58)(H,53,64)(H,54,63)(H,55,61)/t31-,32+,35+,36+,37+,38+,39+/m1/s1. The van der Waals surface area contributed by atoms with Crippen LogP contribution >= 0.6 is 0 Å². The molecular formula is C49H69N7O10. The lowest BCUT2D eigenvalue weighted by molar-refractivity contribution is -0.155. The molecule has 2 aromatic carbocycles. The van der Waals surface area contributed by atoms with E-state index >= 15 is 0 Å². The van der Waals surface area contributed by atoms with E-state index in [0.717, 1.165) is 11.1 Å². The minimum atomic E-state index is -1.36. The minimum Gasteiger partial charge on any atom is -0.460 e. The van der Waals surface area contributed by atoms with Crippen molar-refractivity contribution in [2.75, 3.05) is 13.1 Å². The highest BCUT2D eigenvalue weighted by Gasteiger charge is 2.39. The average molecular weight is 916 g/mol. The Kier molecular flexibility index (Phi) is 19.9.